The Bertz CT molecular complexity index is 1120. The van der Waals surface area contributed by atoms with Gasteiger partial charge in [-0.2, -0.15) is 0 Å². The van der Waals surface area contributed by atoms with Gasteiger partial charge in [0.1, 0.15) is 5.75 Å². The monoisotopic (exact) mass is 464 g/mol. The lowest BCUT2D eigenvalue weighted by molar-refractivity contribution is -0.123. The van der Waals surface area contributed by atoms with E-state index in [1.165, 1.54) is 18.2 Å². The lowest BCUT2D eigenvalue weighted by Crippen LogP contribution is -2.28. The van der Waals surface area contributed by atoms with Gasteiger partial charge in [-0.25, -0.2) is 8.42 Å². The molecule has 156 valence electrons. The van der Waals surface area contributed by atoms with Crippen LogP contribution in [0.4, 0.5) is 5.69 Å². The van der Waals surface area contributed by atoms with E-state index in [0.29, 0.717) is 17.3 Å². The third kappa shape index (κ3) is 6.13. The number of rotatable bonds is 8. The predicted molar refractivity (Wildman–Crippen MR) is 117 cm³/mol. The number of benzene rings is 3. The summed E-state index contributed by atoms with van der Waals surface area (Å²) in [5.74, 6) is -0.138. The van der Waals surface area contributed by atoms with Gasteiger partial charge >= 0.3 is 0 Å². The number of sulfonamides is 1. The Kier molecular flexibility index (Phi) is 7.20. The predicted octanol–water partition coefficient (Wildman–Crippen LogP) is 4.49. The number of ether oxygens (including phenoxy) is 1. The van der Waals surface area contributed by atoms with Crippen LogP contribution in [0.3, 0.4) is 0 Å². The van der Waals surface area contributed by atoms with Crippen LogP contribution in [-0.4, -0.2) is 20.9 Å². The van der Waals surface area contributed by atoms with Crippen LogP contribution in [0.1, 0.15) is 5.56 Å². The van der Waals surface area contributed by atoms with E-state index in [9.17, 15) is 13.2 Å². The SMILES string of the molecule is O=C(COc1ccc(S(=O)(=O)Nc2ccccc2)cc1Cl)NCc1ccc(Cl)cc1. The second-order valence-corrected chi connectivity index (χ2v) is 8.78. The molecule has 0 aromatic heterocycles. The number of hydrogen-bond donors (Lipinski definition) is 2. The maximum absolute atomic E-state index is 12.5. The Balaban J connectivity index is 1.57. The van der Waals surface area contributed by atoms with Gasteiger partial charge in [0.15, 0.2) is 6.61 Å². The van der Waals surface area contributed by atoms with E-state index in [1.54, 1.807) is 42.5 Å². The summed E-state index contributed by atoms with van der Waals surface area (Å²) in [7, 11) is -3.80. The molecule has 2 N–H and O–H groups in total. The lowest BCUT2D eigenvalue weighted by atomic mass is 10.2. The van der Waals surface area contributed by atoms with Crippen LogP contribution in [0.5, 0.6) is 5.75 Å². The van der Waals surface area contributed by atoms with E-state index in [-0.39, 0.29) is 28.2 Å². The van der Waals surface area contributed by atoms with Crippen molar-refractivity contribution in [1.29, 1.82) is 0 Å². The molecule has 0 aliphatic heterocycles. The third-order valence-corrected chi connectivity index (χ3v) is 5.93. The molecule has 0 atom stereocenters. The maximum Gasteiger partial charge on any atom is 0.261 e. The highest BCUT2D eigenvalue weighted by Gasteiger charge is 2.17. The summed E-state index contributed by atoms with van der Waals surface area (Å²) in [6.45, 7) is 0.0666. The second-order valence-electron chi connectivity index (χ2n) is 6.26. The van der Waals surface area contributed by atoms with Gasteiger partial charge < -0.3 is 10.1 Å². The highest BCUT2D eigenvalue weighted by Crippen LogP contribution is 2.28. The van der Waals surface area contributed by atoms with Crippen molar-refractivity contribution in [2.24, 2.45) is 0 Å². The van der Waals surface area contributed by atoms with Crippen molar-refractivity contribution in [3.63, 3.8) is 0 Å². The largest absolute Gasteiger partial charge is 0.482 e. The standard InChI is InChI=1S/C21H18Cl2N2O4S/c22-16-8-6-15(7-9-16)13-24-21(26)14-29-20-11-10-18(12-19(20)23)30(27,28)25-17-4-2-1-3-5-17/h1-12,25H,13-14H2,(H,24,26). The molecule has 0 aliphatic carbocycles. The molecular formula is C21H18Cl2N2O4S. The first-order valence-corrected chi connectivity index (χ1v) is 11.1. The fourth-order valence-corrected chi connectivity index (χ4v) is 3.99. The van der Waals surface area contributed by atoms with Crippen molar-refractivity contribution in [3.05, 3.63) is 88.4 Å². The first kappa shape index (κ1) is 22.0. The molecule has 3 aromatic rings. The minimum Gasteiger partial charge on any atom is -0.482 e. The number of anilines is 1. The number of nitrogens with one attached hydrogen (secondary N) is 2. The summed E-state index contributed by atoms with van der Waals surface area (Å²) in [5.41, 5.74) is 1.33. The van der Waals surface area contributed by atoms with Crippen LogP contribution in [0.15, 0.2) is 77.7 Å². The van der Waals surface area contributed by atoms with Crippen molar-refractivity contribution in [1.82, 2.24) is 5.32 Å². The fourth-order valence-electron chi connectivity index (χ4n) is 2.48. The number of hydrogen-bond acceptors (Lipinski definition) is 4. The molecule has 0 aliphatic rings. The molecule has 9 heteroatoms. The summed E-state index contributed by atoms with van der Waals surface area (Å²) in [5, 5.41) is 3.41. The van der Waals surface area contributed by atoms with E-state index in [2.05, 4.69) is 10.0 Å². The van der Waals surface area contributed by atoms with Crippen LogP contribution < -0.4 is 14.8 Å². The number of carbonyl (C=O) groups is 1. The van der Waals surface area contributed by atoms with Crippen LogP contribution in [-0.2, 0) is 21.4 Å². The van der Waals surface area contributed by atoms with Gasteiger partial charge in [0.2, 0.25) is 0 Å². The summed E-state index contributed by atoms with van der Waals surface area (Å²) in [6, 6.07) is 19.6. The molecule has 1 amide bonds. The van der Waals surface area contributed by atoms with Crippen molar-refractivity contribution < 1.29 is 17.9 Å². The summed E-state index contributed by atoms with van der Waals surface area (Å²) < 4.78 is 32.9. The molecule has 0 unspecified atom stereocenters. The molecule has 0 spiro atoms. The van der Waals surface area contributed by atoms with E-state index in [1.807, 2.05) is 12.1 Å². The lowest BCUT2D eigenvalue weighted by Gasteiger charge is -2.11. The van der Waals surface area contributed by atoms with Gasteiger partial charge in [-0.3, -0.25) is 9.52 Å². The molecular weight excluding hydrogens is 447 g/mol. The topological polar surface area (TPSA) is 84.5 Å². The minimum atomic E-state index is -3.80. The van der Waals surface area contributed by atoms with Gasteiger partial charge in [-0.1, -0.05) is 53.5 Å². The van der Waals surface area contributed by atoms with Gasteiger partial charge in [-0.15, -0.1) is 0 Å². The van der Waals surface area contributed by atoms with Gasteiger partial charge in [0, 0.05) is 17.3 Å². The Morgan fingerprint density at radius 3 is 2.30 bits per heavy atom. The Morgan fingerprint density at radius 1 is 0.933 bits per heavy atom. The zero-order valence-corrected chi connectivity index (χ0v) is 18.0. The summed E-state index contributed by atoms with van der Waals surface area (Å²) >= 11 is 12.0. The van der Waals surface area contributed by atoms with E-state index < -0.39 is 10.0 Å². The highest BCUT2D eigenvalue weighted by molar-refractivity contribution is 7.92. The van der Waals surface area contributed by atoms with Crippen molar-refractivity contribution in [2.75, 3.05) is 11.3 Å². The summed E-state index contributed by atoms with van der Waals surface area (Å²) in [4.78, 5) is 12.0. The van der Waals surface area contributed by atoms with E-state index in [4.69, 9.17) is 27.9 Å². The van der Waals surface area contributed by atoms with Crippen LogP contribution in [0.2, 0.25) is 10.0 Å². The molecule has 6 nitrogen and oxygen atoms in total. The first-order chi connectivity index (χ1) is 14.3. The highest BCUT2D eigenvalue weighted by atomic mass is 35.5. The Morgan fingerprint density at radius 2 is 1.63 bits per heavy atom. The van der Waals surface area contributed by atoms with Crippen LogP contribution in [0, 0.1) is 0 Å². The number of halogens is 2. The number of carbonyl (C=O) groups excluding carboxylic acids is 1. The first-order valence-electron chi connectivity index (χ1n) is 8.85. The van der Waals surface area contributed by atoms with Crippen LogP contribution >= 0.6 is 23.2 Å². The average molecular weight is 465 g/mol. The molecule has 3 rings (SSSR count). The molecule has 30 heavy (non-hydrogen) atoms. The smallest absolute Gasteiger partial charge is 0.261 e. The Hall–Kier alpha value is -2.74. The molecule has 0 bridgehead atoms. The van der Waals surface area contributed by atoms with Crippen molar-refractivity contribution >= 4 is 44.8 Å². The molecule has 3 aromatic carbocycles. The zero-order valence-electron chi connectivity index (χ0n) is 15.6. The van der Waals surface area contributed by atoms with Crippen molar-refractivity contribution in [3.8, 4) is 5.75 Å². The second kappa shape index (κ2) is 9.84. The number of amides is 1. The zero-order chi connectivity index (χ0) is 21.6. The molecule has 0 radical (unpaired) electrons. The van der Waals surface area contributed by atoms with Crippen LogP contribution in [0.25, 0.3) is 0 Å². The van der Waals surface area contributed by atoms with Gasteiger partial charge in [-0.05, 0) is 48.0 Å². The third-order valence-electron chi connectivity index (χ3n) is 4.00. The quantitative estimate of drug-likeness (QED) is 0.514. The minimum absolute atomic E-state index is 0.0177. The number of para-hydroxylation sites is 1. The molecule has 0 fully saturated rings. The molecule has 0 heterocycles. The molecule has 0 saturated carbocycles. The maximum atomic E-state index is 12.5. The van der Waals surface area contributed by atoms with E-state index >= 15 is 0 Å². The van der Waals surface area contributed by atoms with Gasteiger partial charge in [0.25, 0.3) is 15.9 Å². The molecule has 0 saturated heterocycles. The van der Waals surface area contributed by atoms with Crippen molar-refractivity contribution in [2.45, 2.75) is 11.4 Å². The Labute approximate surface area is 184 Å². The average Bonchev–Trinajstić information content (AvgIpc) is 2.73. The van der Waals surface area contributed by atoms with E-state index in [0.717, 1.165) is 5.56 Å². The summed E-state index contributed by atoms with van der Waals surface area (Å²) in [6.07, 6.45) is 0. The van der Waals surface area contributed by atoms with Gasteiger partial charge in [0.05, 0.1) is 9.92 Å². The fraction of sp³-hybridized carbons (Fsp3) is 0.0952. The normalized spacial score (nSPS) is 11.0.